The molecule has 4 nitrogen and oxygen atoms in total. The number of anilines is 1. The first-order valence-corrected chi connectivity index (χ1v) is 7.32. The Labute approximate surface area is 112 Å². The number of aryl methyl sites for hydroxylation is 1. The zero-order chi connectivity index (χ0) is 13.3. The Hall–Kier alpha value is -1.10. The highest BCUT2D eigenvalue weighted by Crippen LogP contribution is 2.29. The Kier molecular flexibility index (Phi) is 3.90. The van der Waals surface area contributed by atoms with Gasteiger partial charge in [0.15, 0.2) is 5.13 Å². The van der Waals surface area contributed by atoms with Crippen molar-refractivity contribution in [2.75, 3.05) is 5.73 Å². The van der Waals surface area contributed by atoms with Crippen LogP contribution in [-0.4, -0.2) is 16.9 Å². The van der Waals surface area contributed by atoms with Gasteiger partial charge in [0.05, 0.1) is 5.69 Å². The number of hydrogen-bond acceptors (Lipinski definition) is 4. The van der Waals surface area contributed by atoms with Gasteiger partial charge in [-0.3, -0.25) is 4.79 Å². The Morgan fingerprint density at radius 3 is 2.67 bits per heavy atom. The second kappa shape index (κ2) is 5.26. The average molecular weight is 267 g/mol. The summed E-state index contributed by atoms with van der Waals surface area (Å²) in [6, 6.07) is 0.298. The van der Waals surface area contributed by atoms with Crippen molar-refractivity contribution in [3.63, 3.8) is 0 Å². The number of nitrogens with one attached hydrogen (secondary N) is 1. The van der Waals surface area contributed by atoms with Gasteiger partial charge in [-0.1, -0.05) is 25.2 Å². The minimum absolute atomic E-state index is 0.0200. The SMILES string of the molecule is Cc1nc(N)sc1C(=O)NC1CCC(C)C(C)C1. The molecule has 0 radical (unpaired) electrons. The molecule has 1 saturated carbocycles. The smallest absolute Gasteiger partial charge is 0.263 e. The van der Waals surface area contributed by atoms with Crippen LogP contribution in [0.25, 0.3) is 0 Å². The standard InChI is InChI=1S/C13H21N3OS/c1-7-4-5-10(6-8(7)2)16-12(17)11-9(3)15-13(14)18-11/h7-8,10H,4-6H2,1-3H3,(H2,14,15)(H,16,17). The van der Waals surface area contributed by atoms with Crippen molar-refractivity contribution in [2.45, 2.75) is 46.1 Å². The van der Waals surface area contributed by atoms with Gasteiger partial charge in [0.1, 0.15) is 4.88 Å². The highest BCUT2D eigenvalue weighted by Gasteiger charge is 2.26. The number of nitrogens with two attached hydrogens (primary N) is 1. The normalized spacial score (nSPS) is 28.1. The minimum atomic E-state index is -0.0200. The van der Waals surface area contributed by atoms with Gasteiger partial charge in [-0.25, -0.2) is 4.98 Å². The quantitative estimate of drug-likeness (QED) is 0.865. The Balaban J connectivity index is 1.98. The summed E-state index contributed by atoms with van der Waals surface area (Å²) in [5, 5.41) is 3.58. The maximum absolute atomic E-state index is 12.1. The van der Waals surface area contributed by atoms with E-state index < -0.39 is 0 Å². The second-order valence-electron chi connectivity index (χ2n) is 5.40. The summed E-state index contributed by atoms with van der Waals surface area (Å²) in [5.41, 5.74) is 6.35. The molecule has 0 bridgehead atoms. The van der Waals surface area contributed by atoms with Gasteiger partial charge in [0.25, 0.3) is 5.91 Å². The molecule has 0 aliphatic heterocycles. The van der Waals surface area contributed by atoms with Crippen molar-refractivity contribution in [1.82, 2.24) is 10.3 Å². The molecule has 5 heteroatoms. The predicted molar refractivity (Wildman–Crippen MR) is 74.7 cm³/mol. The molecule has 3 atom stereocenters. The Morgan fingerprint density at radius 1 is 1.39 bits per heavy atom. The largest absolute Gasteiger partial charge is 0.375 e. The highest BCUT2D eigenvalue weighted by molar-refractivity contribution is 7.17. The van der Waals surface area contributed by atoms with Crippen LogP contribution in [0.2, 0.25) is 0 Å². The molecule has 1 aliphatic rings. The summed E-state index contributed by atoms with van der Waals surface area (Å²) >= 11 is 1.27. The van der Waals surface area contributed by atoms with Crippen LogP contribution < -0.4 is 11.1 Å². The van der Waals surface area contributed by atoms with Crippen LogP contribution in [-0.2, 0) is 0 Å². The summed E-state index contributed by atoms with van der Waals surface area (Å²) in [6.07, 6.45) is 3.33. The number of amides is 1. The van der Waals surface area contributed by atoms with Gasteiger partial charge < -0.3 is 11.1 Å². The molecule has 1 fully saturated rings. The number of nitrogen functional groups attached to an aromatic ring is 1. The van der Waals surface area contributed by atoms with Crippen LogP contribution in [0.15, 0.2) is 0 Å². The molecular weight excluding hydrogens is 246 g/mol. The fraction of sp³-hybridized carbons (Fsp3) is 0.692. The topological polar surface area (TPSA) is 68.0 Å². The summed E-state index contributed by atoms with van der Waals surface area (Å²) in [6.45, 7) is 6.38. The van der Waals surface area contributed by atoms with Crippen LogP contribution >= 0.6 is 11.3 Å². The number of aromatic nitrogens is 1. The van der Waals surface area contributed by atoms with E-state index in [1.807, 2.05) is 6.92 Å². The van der Waals surface area contributed by atoms with Crippen LogP contribution in [0.5, 0.6) is 0 Å². The molecule has 0 aromatic carbocycles. The summed E-state index contributed by atoms with van der Waals surface area (Å²) in [7, 11) is 0. The maximum Gasteiger partial charge on any atom is 0.263 e. The van der Waals surface area contributed by atoms with Gasteiger partial charge in [-0.2, -0.15) is 0 Å². The molecule has 2 rings (SSSR count). The zero-order valence-corrected chi connectivity index (χ0v) is 12.0. The van der Waals surface area contributed by atoms with Crippen molar-refractivity contribution in [3.8, 4) is 0 Å². The van der Waals surface area contributed by atoms with Crippen molar-refractivity contribution >= 4 is 22.4 Å². The molecule has 100 valence electrons. The van der Waals surface area contributed by atoms with Crippen LogP contribution in [0, 0.1) is 18.8 Å². The molecule has 1 amide bonds. The average Bonchev–Trinajstić information content (AvgIpc) is 2.63. The van der Waals surface area contributed by atoms with E-state index >= 15 is 0 Å². The predicted octanol–water partition coefficient (Wildman–Crippen LogP) is 2.59. The maximum atomic E-state index is 12.1. The van der Waals surface area contributed by atoms with E-state index in [1.165, 1.54) is 17.8 Å². The molecule has 0 spiro atoms. The Bertz CT molecular complexity index is 443. The summed E-state index contributed by atoms with van der Waals surface area (Å²) in [5.74, 6) is 1.42. The first kappa shape index (κ1) is 13.3. The van der Waals surface area contributed by atoms with E-state index in [1.54, 1.807) is 0 Å². The van der Waals surface area contributed by atoms with E-state index in [0.717, 1.165) is 24.5 Å². The van der Waals surface area contributed by atoms with Gasteiger partial charge in [-0.05, 0) is 38.0 Å². The molecule has 3 N–H and O–H groups in total. The monoisotopic (exact) mass is 267 g/mol. The van der Waals surface area contributed by atoms with Crippen LogP contribution in [0.4, 0.5) is 5.13 Å². The first-order chi connectivity index (χ1) is 8.47. The number of hydrogen-bond donors (Lipinski definition) is 2. The summed E-state index contributed by atoms with van der Waals surface area (Å²) < 4.78 is 0. The molecule has 1 aromatic rings. The third-order valence-corrected chi connectivity index (χ3v) is 4.94. The van der Waals surface area contributed by atoms with Crippen molar-refractivity contribution in [3.05, 3.63) is 10.6 Å². The van der Waals surface area contributed by atoms with E-state index in [0.29, 0.717) is 22.0 Å². The molecule has 18 heavy (non-hydrogen) atoms. The number of carbonyl (C=O) groups is 1. The molecule has 1 aliphatic carbocycles. The van der Waals surface area contributed by atoms with Crippen molar-refractivity contribution < 1.29 is 4.79 Å². The fourth-order valence-electron chi connectivity index (χ4n) is 2.56. The molecule has 1 heterocycles. The number of rotatable bonds is 2. The molecule has 1 aromatic heterocycles. The van der Waals surface area contributed by atoms with Crippen molar-refractivity contribution in [1.29, 1.82) is 0 Å². The lowest BCUT2D eigenvalue weighted by Gasteiger charge is -2.32. The van der Waals surface area contributed by atoms with E-state index in [4.69, 9.17) is 5.73 Å². The fourth-order valence-corrected chi connectivity index (χ4v) is 3.29. The molecular formula is C13H21N3OS. The molecule has 0 saturated heterocycles. The van der Waals surface area contributed by atoms with Gasteiger partial charge in [0, 0.05) is 6.04 Å². The molecule has 3 unspecified atom stereocenters. The second-order valence-corrected chi connectivity index (χ2v) is 6.44. The van der Waals surface area contributed by atoms with Crippen molar-refractivity contribution in [2.24, 2.45) is 11.8 Å². The minimum Gasteiger partial charge on any atom is -0.375 e. The van der Waals surface area contributed by atoms with Gasteiger partial charge in [0.2, 0.25) is 0 Å². The lowest BCUT2D eigenvalue weighted by molar-refractivity contribution is 0.0914. The lowest BCUT2D eigenvalue weighted by Crippen LogP contribution is -2.39. The Morgan fingerprint density at radius 2 is 2.11 bits per heavy atom. The zero-order valence-electron chi connectivity index (χ0n) is 11.2. The van der Waals surface area contributed by atoms with Gasteiger partial charge in [-0.15, -0.1) is 0 Å². The van der Waals surface area contributed by atoms with E-state index in [9.17, 15) is 4.79 Å². The van der Waals surface area contributed by atoms with Crippen LogP contribution in [0.3, 0.4) is 0 Å². The number of thiazole rings is 1. The summed E-state index contributed by atoms with van der Waals surface area (Å²) in [4.78, 5) is 16.9. The third-order valence-electron chi connectivity index (χ3n) is 3.95. The van der Waals surface area contributed by atoms with E-state index in [2.05, 4.69) is 24.1 Å². The van der Waals surface area contributed by atoms with E-state index in [-0.39, 0.29) is 5.91 Å². The van der Waals surface area contributed by atoms with Crippen LogP contribution in [0.1, 0.15) is 48.5 Å². The van der Waals surface area contributed by atoms with Gasteiger partial charge >= 0.3 is 0 Å². The lowest BCUT2D eigenvalue weighted by atomic mass is 9.79. The first-order valence-electron chi connectivity index (χ1n) is 6.51. The number of nitrogens with zero attached hydrogens (tertiary/aromatic N) is 1. The highest BCUT2D eigenvalue weighted by atomic mass is 32.1. The third kappa shape index (κ3) is 2.83. The number of carbonyl (C=O) groups excluding carboxylic acids is 1.